The molecule has 0 spiro atoms. The van der Waals surface area contributed by atoms with Gasteiger partial charge in [-0.25, -0.2) is 4.79 Å². The molecule has 0 N–H and O–H groups in total. The standard InChI is InChI=1S/C11H9F6NO4/c1-20-9(19)6-2-7(21-4-10(12,13)14)18-8(3-6)22-5-11(15,16)17/h2-3H,4-5H2,1H3. The molecule has 0 bridgehead atoms. The van der Waals surface area contributed by atoms with Crippen molar-refractivity contribution in [2.45, 2.75) is 12.4 Å². The Morgan fingerprint density at radius 1 is 1.00 bits per heavy atom. The van der Waals surface area contributed by atoms with Crippen molar-refractivity contribution in [3.05, 3.63) is 17.7 Å². The lowest BCUT2D eigenvalue weighted by Gasteiger charge is -2.12. The Hall–Kier alpha value is -2.20. The minimum atomic E-state index is -4.68. The van der Waals surface area contributed by atoms with Crippen molar-refractivity contribution in [1.82, 2.24) is 4.98 Å². The highest BCUT2D eigenvalue weighted by atomic mass is 19.4. The van der Waals surface area contributed by atoms with Crippen molar-refractivity contribution in [1.29, 1.82) is 0 Å². The van der Waals surface area contributed by atoms with E-state index in [-0.39, 0.29) is 5.56 Å². The zero-order valence-electron chi connectivity index (χ0n) is 10.9. The predicted octanol–water partition coefficient (Wildman–Crippen LogP) is 2.75. The van der Waals surface area contributed by atoms with Crippen molar-refractivity contribution < 1.29 is 45.3 Å². The molecule has 0 fully saturated rings. The Balaban J connectivity index is 2.97. The number of alkyl halides is 6. The number of nitrogens with zero attached hydrogens (tertiary/aromatic N) is 1. The van der Waals surface area contributed by atoms with Gasteiger partial charge in [0.05, 0.1) is 12.7 Å². The molecule has 0 unspecified atom stereocenters. The van der Waals surface area contributed by atoms with Crippen molar-refractivity contribution in [2.75, 3.05) is 20.3 Å². The van der Waals surface area contributed by atoms with Crippen LogP contribution >= 0.6 is 0 Å². The molecule has 0 atom stereocenters. The van der Waals surface area contributed by atoms with Crippen LogP contribution in [0.5, 0.6) is 11.8 Å². The van der Waals surface area contributed by atoms with Gasteiger partial charge in [-0.3, -0.25) is 0 Å². The topological polar surface area (TPSA) is 57.7 Å². The maximum atomic E-state index is 12.0. The lowest BCUT2D eigenvalue weighted by molar-refractivity contribution is -0.155. The molecule has 1 heterocycles. The third kappa shape index (κ3) is 6.50. The fraction of sp³-hybridized carbons (Fsp3) is 0.455. The number of carbonyl (C=O) groups is 1. The number of carbonyl (C=O) groups excluding carboxylic acids is 1. The summed E-state index contributed by atoms with van der Waals surface area (Å²) in [5, 5.41) is 0. The van der Waals surface area contributed by atoms with Gasteiger partial charge in [-0.15, -0.1) is 0 Å². The second-order valence-electron chi connectivity index (χ2n) is 3.83. The highest BCUT2D eigenvalue weighted by Crippen LogP contribution is 2.23. The number of rotatable bonds is 5. The average Bonchev–Trinajstić information content (AvgIpc) is 2.40. The molecule has 0 aliphatic heterocycles. The lowest BCUT2D eigenvalue weighted by atomic mass is 10.2. The van der Waals surface area contributed by atoms with Gasteiger partial charge < -0.3 is 14.2 Å². The van der Waals surface area contributed by atoms with Crippen LogP contribution in [0.4, 0.5) is 26.3 Å². The quantitative estimate of drug-likeness (QED) is 0.613. The number of halogens is 6. The molecule has 0 saturated heterocycles. The number of esters is 1. The summed E-state index contributed by atoms with van der Waals surface area (Å²) in [6, 6.07) is 1.58. The second-order valence-corrected chi connectivity index (χ2v) is 3.83. The monoisotopic (exact) mass is 333 g/mol. The van der Waals surface area contributed by atoms with Gasteiger partial charge in [-0.2, -0.15) is 31.3 Å². The number of pyridine rings is 1. The van der Waals surface area contributed by atoms with Crippen LogP contribution in [0.15, 0.2) is 12.1 Å². The first-order valence-corrected chi connectivity index (χ1v) is 5.50. The van der Waals surface area contributed by atoms with E-state index in [1.807, 2.05) is 0 Å². The summed E-state index contributed by atoms with van der Waals surface area (Å²) >= 11 is 0. The molecular weight excluding hydrogens is 324 g/mol. The van der Waals surface area contributed by atoms with Crippen LogP contribution in [-0.2, 0) is 4.74 Å². The smallest absolute Gasteiger partial charge is 0.422 e. The number of methoxy groups -OCH3 is 1. The molecule has 0 radical (unpaired) electrons. The van der Waals surface area contributed by atoms with Crippen LogP contribution in [0.3, 0.4) is 0 Å². The summed E-state index contributed by atoms with van der Waals surface area (Å²) < 4.78 is 85.1. The number of aromatic nitrogens is 1. The van der Waals surface area contributed by atoms with E-state index in [0.29, 0.717) is 0 Å². The molecule has 0 amide bonds. The minimum Gasteiger partial charge on any atom is -0.468 e. The molecule has 22 heavy (non-hydrogen) atoms. The van der Waals surface area contributed by atoms with E-state index in [2.05, 4.69) is 19.2 Å². The molecule has 0 saturated carbocycles. The molecule has 0 aliphatic carbocycles. The molecule has 1 rings (SSSR count). The molecule has 1 aromatic heterocycles. The van der Waals surface area contributed by atoms with Crippen LogP contribution in [-0.4, -0.2) is 43.6 Å². The summed E-state index contributed by atoms with van der Waals surface area (Å²) in [6.45, 7) is -3.47. The molecule has 5 nitrogen and oxygen atoms in total. The van der Waals surface area contributed by atoms with Gasteiger partial charge in [0, 0.05) is 12.1 Å². The van der Waals surface area contributed by atoms with Crippen LogP contribution < -0.4 is 9.47 Å². The first-order valence-electron chi connectivity index (χ1n) is 5.50. The summed E-state index contributed by atoms with van der Waals surface area (Å²) in [5.74, 6) is -2.45. The second kappa shape index (κ2) is 6.71. The van der Waals surface area contributed by atoms with E-state index >= 15 is 0 Å². The number of hydrogen-bond acceptors (Lipinski definition) is 5. The van der Waals surface area contributed by atoms with Crippen LogP contribution in [0.2, 0.25) is 0 Å². The average molecular weight is 333 g/mol. The fourth-order valence-electron chi connectivity index (χ4n) is 1.18. The third-order valence-electron chi connectivity index (χ3n) is 1.97. The van der Waals surface area contributed by atoms with Gasteiger partial charge >= 0.3 is 18.3 Å². The van der Waals surface area contributed by atoms with Gasteiger partial charge in [0.25, 0.3) is 0 Å². The summed E-state index contributed by atoms with van der Waals surface area (Å²) in [7, 11) is 0.981. The normalized spacial score (nSPS) is 12.0. The van der Waals surface area contributed by atoms with E-state index in [0.717, 1.165) is 19.2 Å². The maximum absolute atomic E-state index is 12.0. The molecule has 11 heteroatoms. The molecule has 0 aliphatic rings. The predicted molar refractivity (Wildman–Crippen MR) is 58.7 cm³/mol. The Morgan fingerprint density at radius 3 is 1.73 bits per heavy atom. The largest absolute Gasteiger partial charge is 0.468 e. The van der Waals surface area contributed by atoms with Gasteiger partial charge in [0.15, 0.2) is 13.2 Å². The van der Waals surface area contributed by atoms with Crippen molar-refractivity contribution in [3.8, 4) is 11.8 Å². The summed E-state index contributed by atoms with van der Waals surface area (Å²) in [6.07, 6.45) is -9.37. The zero-order valence-corrected chi connectivity index (χ0v) is 10.9. The molecular formula is C11H9F6NO4. The first-order chi connectivity index (χ1) is 10.00. The highest BCUT2D eigenvalue weighted by Gasteiger charge is 2.30. The van der Waals surface area contributed by atoms with Crippen LogP contribution in [0.25, 0.3) is 0 Å². The van der Waals surface area contributed by atoms with Crippen LogP contribution in [0, 0.1) is 0 Å². The minimum absolute atomic E-state index is 0.369. The highest BCUT2D eigenvalue weighted by molar-refractivity contribution is 5.89. The lowest BCUT2D eigenvalue weighted by Crippen LogP contribution is -2.21. The van der Waals surface area contributed by atoms with E-state index in [1.54, 1.807) is 0 Å². The summed E-state index contributed by atoms with van der Waals surface area (Å²) in [5.41, 5.74) is -0.369. The summed E-state index contributed by atoms with van der Waals surface area (Å²) in [4.78, 5) is 14.6. The van der Waals surface area contributed by atoms with Crippen LogP contribution in [0.1, 0.15) is 10.4 Å². The molecule has 1 aromatic rings. The van der Waals surface area contributed by atoms with E-state index in [1.165, 1.54) is 0 Å². The molecule has 0 aromatic carbocycles. The first kappa shape index (κ1) is 17.9. The maximum Gasteiger partial charge on any atom is 0.422 e. The van der Waals surface area contributed by atoms with E-state index < -0.39 is 43.3 Å². The Labute approximate surface area is 119 Å². The van der Waals surface area contributed by atoms with Gasteiger partial charge in [-0.05, 0) is 0 Å². The number of ether oxygens (including phenoxy) is 3. The number of hydrogen-bond donors (Lipinski definition) is 0. The van der Waals surface area contributed by atoms with Crippen molar-refractivity contribution in [3.63, 3.8) is 0 Å². The zero-order chi connectivity index (χ0) is 17.0. The Bertz CT molecular complexity index is 492. The molecule has 124 valence electrons. The fourth-order valence-corrected chi connectivity index (χ4v) is 1.18. The van der Waals surface area contributed by atoms with Crippen molar-refractivity contribution >= 4 is 5.97 Å². The Kier molecular flexibility index (Phi) is 5.44. The SMILES string of the molecule is COC(=O)c1cc(OCC(F)(F)F)nc(OCC(F)(F)F)c1. The van der Waals surface area contributed by atoms with Crippen molar-refractivity contribution in [2.24, 2.45) is 0 Å². The van der Waals surface area contributed by atoms with E-state index in [9.17, 15) is 31.1 Å². The van der Waals surface area contributed by atoms with Gasteiger partial charge in [0.1, 0.15) is 0 Å². The van der Waals surface area contributed by atoms with Gasteiger partial charge in [-0.1, -0.05) is 0 Å². The Morgan fingerprint density at radius 2 is 1.41 bits per heavy atom. The van der Waals surface area contributed by atoms with Gasteiger partial charge in [0.2, 0.25) is 11.8 Å². The third-order valence-corrected chi connectivity index (χ3v) is 1.97. The van der Waals surface area contributed by atoms with E-state index in [4.69, 9.17) is 0 Å².